The summed E-state index contributed by atoms with van der Waals surface area (Å²) in [6.45, 7) is 0. The van der Waals surface area contributed by atoms with Crippen LogP contribution in [0.2, 0.25) is 0 Å². The molecule has 1 aliphatic rings. The van der Waals surface area contributed by atoms with Crippen LogP contribution in [0.4, 0.5) is 5.69 Å². The average Bonchev–Trinajstić information content (AvgIpc) is 3.23. The number of H-pyrrole nitrogens is 1. The summed E-state index contributed by atoms with van der Waals surface area (Å²) in [5.74, 6) is 0.180. The number of benzene rings is 2. The number of rotatable bonds is 3. The lowest BCUT2D eigenvalue weighted by Gasteiger charge is -2.23. The summed E-state index contributed by atoms with van der Waals surface area (Å²) in [4.78, 5) is 42.2. The third-order valence-corrected chi connectivity index (χ3v) is 5.72. The van der Waals surface area contributed by atoms with Gasteiger partial charge in [0.25, 0.3) is 5.91 Å². The maximum atomic E-state index is 13.2. The highest BCUT2D eigenvalue weighted by Gasteiger charge is 2.35. The number of carbonyl (C=O) groups excluding carboxylic acids is 2. The molecule has 1 aromatic heterocycles. The van der Waals surface area contributed by atoms with E-state index in [0.29, 0.717) is 33.8 Å². The molecular weight excluding hydrogens is 388 g/mol. The van der Waals surface area contributed by atoms with Gasteiger partial charge in [-0.05, 0) is 30.3 Å². The monoisotopic (exact) mass is 404 g/mol. The number of pyridine rings is 1. The van der Waals surface area contributed by atoms with E-state index < -0.39 is 6.04 Å². The van der Waals surface area contributed by atoms with Crippen LogP contribution >= 0.6 is 11.8 Å². The van der Waals surface area contributed by atoms with Crippen LogP contribution in [-0.2, 0) is 4.79 Å². The van der Waals surface area contributed by atoms with Crippen LogP contribution in [0.1, 0.15) is 15.9 Å². The van der Waals surface area contributed by atoms with E-state index in [9.17, 15) is 14.4 Å². The van der Waals surface area contributed by atoms with Crippen molar-refractivity contribution < 1.29 is 9.59 Å². The summed E-state index contributed by atoms with van der Waals surface area (Å²) in [7, 11) is 0. The van der Waals surface area contributed by atoms with Crippen LogP contribution in [-0.4, -0.2) is 39.4 Å². The lowest BCUT2D eigenvalue weighted by atomic mass is 10.1. The second-order valence-corrected chi connectivity index (χ2v) is 7.56. The number of hydrogen-bond acceptors (Lipinski definition) is 5. The van der Waals surface area contributed by atoms with Crippen LogP contribution in [0.5, 0.6) is 0 Å². The van der Waals surface area contributed by atoms with Gasteiger partial charge < -0.3 is 15.2 Å². The molecule has 1 fully saturated rings. The molecular formula is C21H16N4O3S. The zero-order valence-corrected chi connectivity index (χ0v) is 16.0. The fraction of sp³-hybridized carbons (Fsp3) is 0.143. The first-order valence-electron chi connectivity index (χ1n) is 8.88. The highest BCUT2D eigenvalue weighted by atomic mass is 32.2. The van der Waals surface area contributed by atoms with E-state index in [1.165, 1.54) is 22.7 Å². The van der Waals surface area contributed by atoms with Gasteiger partial charge in [-0.15, -0.1) is 11.8 Å². The van der Waals surface area contributed by atoms with Crippen LogP contribution in [0.15, 0.2) is 59.4 Å². The Kier molecular flexibility index (Phi) is 5.06. The average molecular weight is 404 g/mol. The van der Waals surface area contributed by atoms with Gasteiger partial charge >= 0.3 is 0 Å². The summed E-state index contributed by atoms with van der Waals surface area (Å²) >= 11 is 1.48. The highest BCUT2D eigenvalue weighted by molar-refractivity contribution is 7.99. The van der Waals surface area contributed by atoms with E-state index in [0.717, 1.165) is 0 Å². The van der Waals surface area contributed by atoms with Crippen molar-refractivity contribution in [1.29, 1.82) is 5.26 Å². The summed E-state index contributed by atoms with van der Waals surface area (Å²) < 4.78 is 0. The second-order valence-electron chi connectivity index (χ2n) is 6.56. The first kappa shape index (κ1) is 18.8. The van der Waals surface area contributed by atoms with Gasteiger partial charge in [-0.1, -0.05) is 18.2 Å². The molecule has 1 atom stereocenters. The van der Waals surface area contributed by atoms with E-state index in [-0.39, 0.29) is 22.9 Å². The van der Waals surface area contributed by atoms with Crippen LogP contribution < -0.4 is 10.9 Å². The molecule has 144 valence electrons. The molecule has 7 nitrogen and oxygen atoms in total. The van der Waals surface area contributed by atoms with Gasteiger partial charge in [-0.2, -0.15) is 5.26 Å². The van der Waals surface area contributed by atoms with E-state index in [1.54, 1.807) is 48.5 Å². The minimum absolute atomic E-state index is 0.281. The van der Waals surface area contributed by atoms with E-state index in [4.69, 9.17) is 5.26 Å². The topological polar surface area (TPSA) is 106 Å². The minimum atomic E-state index is -0.652. The van der Waals surface area contributed by atoms with Gasteiger partial charge in [-0.25, -0.2) is 0 Å². The highest BCUT2D eigenvalue weighted by Crippen LogP contribution is 2.26. The number of fused-ring (bicyclic) bond motifs is 1. The summed E-state index contributed by atoms with van der Waals surface area (Å²) in [5, 5.41) is 12.3. The minimum Gasteiger partial charge on any atom is -0.324 e. The fourth-order valence-electron chi connectivity index (χ4n) is 3.25. The molecule has 1 aliphatic heterocycles. The Balaban J connectivity index is 1.60. The number of nitrogens with one attached hydrogen (secondary N) is 2. The third kappa shape index (κ3) is 3.73. The van der Waals surface area contributed by atoms with E-state index in [1.807, 2.05) is 6.07 Å². The van der Waals surface area contributed by atoms with Crippen molar-refractivity contribution in [3.05, 3.63) is 76.1 Å². The van der Waals surface area contributed by atoms with Gasteiger partial charge in [0.1, 0.15) is 6.04 Å². The summed E-state index contributed by atoms with van der Waals surface area (Å²) in [6, 6.07) is 16.3. The Morgan fingerprint density at radius 1 is 1.17 bits per heavy atom. The predicted octanol–water partition coefficient (Wildman–Crippen LogP) is 2.55. The Hall–Kier alpha value is -3.57. The van der Waals surface area contributed by atoms with Crippen LogP contribution in [0, 0.1) is 11.3 Å². The molecule has 2 heterocycles. The molecule has 3 aromatic rings. The van der Waals surface area contributed by atoms with Crippen molar-refractivity contribution >= 4 is 40.2 Å². The number of aromatic amines is 1. The van der Waals surface area contributed by atoms with Crippen molar-refractivity contribution in [2.75, 3.05) is 16.9 Å². The fourth-order valence-corrected chi connectivity index (χ4v) is 4.40. The number of amides is 2. The molecule has 8 heteroatoms. The Morgan fingerprint density at radius 2 is 1.93 bits per heavy atom. The molecule has 0 radical (unpaired) electrons. The number of hydrogen-bond donors (Lipinski definition) is 2. The molecule has 1 unspecified atom stereocenters. The number of carbonyl (C=O) groups is 2. The maximum Gasteiger partial charge on any atom is 0.256 e. The SMILES string of the molecule is N#Cc1ccc(NC(=O)C2CSCN2C(=O)c2cc(=O)[nH]c3ccccc23)cc1. The standard InChI is InChI=1S/C21H16N4O3S/c22-10-13-5-7-14(8-6-13)23-20(27)18-11-29-12-25(18)21(28)16-9-19(26)24-17-4-2-1-3-15(16)17/h1-9,18H,11-12H2,(H,23,27)(H,24,26). The van der Waals surface area contributed by atoms with Crippen molar-refractivity contribution in [2.24, 2.45) is 0 Å². The molecule has 2 aromatic carbocycles. The van der Waals surface area contributed by atoms with Gasteiger partial charge in [0.05, 0.1) is 23.1 Å². The quantitative estimate of drug-likeness (QED) is 0.698. The van der Waals surface area contributed by atoms with Gasteiger partial charge in [0, 0.05) is 28.4 Å². The molecule has 0 aliphatic carbocycles. The van der Waals surface area contributed by atoms with Crippen LogP contribution in [0.25, 0.3) is 10.9 Å². The van der Waals surface area contributed by atoms with Crippen molar-refractivity contribution in [2.45, 2.75) is 6.04 Å². The first-order valence-corrected chi connectivity index (χ1v) is 10.0. The Bertz CT molecular complexity index is 1200. The zero-order valence-electron chi connectivity index (χ0n) is 15.2. The van der Waals surface area contributed by atoms with E-state index >= 15 is 0 Å². The van der Waals surface area contributed by atoms with Crippen molar-refractivity contribution in [1.82, 2.24) is 9.88 Å². The number of nitrogens with zero attached hydrogens (tertiary/aromatic N) is 2. The molecule has 0 saturated carbocycles. The largest absolute Gasteiger partial charge is 0.324 e. The normalized spacial score (nSPS) is 15.8. The molecule has 2 N–H and O–H groups in total. The van der Waals surface area contributed by atoms with Crippen molar-refractivity contribution in [3.8, 4) is 6.07 Å². The smallest absolute Gasteiger partial charge is 0.256 e. The zero-order chi connectivity index (χ0) is 20.4. The number of aromatic nitrogens is 1. The van der Waals surface area contributed by atoms with E-state index in [2.05, 4.69) is 10.3 Å². The summed E-state index contributed by atoms with van der Waals surface area (Å²) in [5.41, 5.74) is 1.55. The summed E-state index contributed by atoms with van der Waals surface area (Å²) in [6.07, 6.45) is 0. The molecule has 1 saturated heterocycles. The van der Waals surface area contributed by atoms with Gasteiger partial charge in [0.2, 0.25) is 11.5 Å². The number of nitriles is 1. The molecule has 0 bridgehead atoms. The van der Waals surface area contributed by atoms with Crippen molar-refractivity contribution in [3.63, 3.8) is 0 Å². The third-order valence-electron chi connectivity index (χ3n) is 4.71. The maximum absolute atomic E-state index is 13.2. The molecule has 4 rings (SSSR count). The number of thioether (sulfide) groups is 1. The number of anilines is 1. The lowest BCUT2D eigenvalue weighted by Crippen LogP contribution is -2.44. The van der Waals surface area contributed by atoms with Crippen LogP contribution in [0.3, 0.4) is 0 Å². The Labute approximate surface area is 170 Å². The first-order chi connectivity index (χ1) is 14.1. The molecule has 0 spiro atoms. The lowest BCUT2D eigenvalue weighted by molar-refractivity contribution is -0.119. The Morgan fingerprint density at radius 3 is 2.69 bits per heavy atom. The molecule has 2 amide bonds. The number of para-hydroxylation sites is 1. The van der Waals surface area contributed by atoms with Gasteiger partial charge in [-0.3, -0.25) is 14.4 Å². The molecule has 29 heavy (non-hydrogen) atoms. The van der Waals surface area contributed by atoms with Gasteiger partial charge in [0.15, 0.2) is 0 Å². The second kappa shape index (κ2) is 7.81. The predicted molar refractivity (Wildman–Crippen MR) is 112 cm³/mol.